The number of carbonyl (C=O) groups excluding carboxylic acids is 2. The Morgan fingerprint density at radius 3 is 1.94 bits per heavy atom. The summed E-state index contributed by atoms with van der Waals surface area (Å²) in [6.07, 6.45) is 1.77. The number of carbonyl (C=O) groups is 2. The van der Waals surface area contributed by atoms with Crippen LogP contribution in [0.1, 0.15) is 25.8 Å². The molecule has 162 valence electrons. The van der Waals surface area contributed by atoms with E-state index < -0.39 is 5.97 Å². The average molecular weight is 421 g/mol. The fourth-order valence-electron chi connectivity index (χ4n) is 3.22. The van der Waals surface area contributed by atoms with E-state index in [1.54, 1.807) is 26.0 Å². The number of ether oxygens (including phenoxy) is 3. The van der Waals surface area contributed by atoms with E-state index in [1.165, 1.54) is 5.56 Å². The molecule has 0 unspecified atom stereocenters. The minimum absolute atomic E-state index is 0.110. The number of aryl methyl sites for hydroxylation is 1. The van der Waals surface area contributed by atoms with Crippen molar-refractivity contribution >= 4 is 11.9 Å². The van der Waals surface area contributed by atoms with Gasteiger partial charge in [-0.1, -0.05) is 49.6 Å². The molecule has 3 rings (SSSR count). The van der Waals surface area contributed by atoms with Gasteiger partial charge in [0, 0.05) is 11.1 Å². The second-order valence-electron chi connectivity index (χ2n) is 8.24. The molecule has 1 saturated heterocycles. The van der Waals surface area contributed by atoms with Gasteiger partial charge in [-0.15, -0.1) is 0 Å². The zero-order valence-electron chi connectivity index (χ0n) is 18.1. The third-order valence-corrected chi connectivity index (χ3v) is 5.32. The first-order chi connectivity index (χ1) is 14.8. The van der Waals surface area contributed by atoms with E-state index in [4.69, 9.17) is 14.2 Å². The van der Waals surface area contributed by atoms with Crippen LogP contribution in [0.3, 0.4) is 0 Å². The normalized spacial score (nSPS) is 14.3. The van der Waals surface area contributed by atoms with Gasteiger partial charge in [0.1, 0.15) is 12.4 Å². The Kier molecular flexibility index (Phi) is 7.08. The zero-order chi connectivity index (χ0) is 22.4. The molecule has 1 aliphatic rings. The summed E-state index contributed by atoms with van der Waals surface area (Å²) in [5, 5.41) is 0. The van der Waals surface area contributed by atoms with Gasteiger partial charge in [0.15, 0.2) is 0 Å². The standard InChI is InChI=1S/C26H28O5/c1-18(2)24(27)30-17-26(15-29-16-26)14-13-20-5-7-21(8-6-20)22-9-11-23(12-10-22)31-25(28)19(3)4/h5-12H,1,3,13-17H2,2,4H3. The molecule has 2 aromatic carbocycles. The quantitative estimate of drug-likeness (QED) is 0.328. The Labute approximate surface area is 183 Å². The van der Waals surface area contributed by atoms with Crippen molar-refractivity contribution in [3.8, 4) is 16.9 Å². The molecule has 0 saturated carbocycles. The van der Waals surface area contributed by atoms with E-state index in [0.29, 0.717) is 36.7 Å². The van der Waals surface area contributed by atoms with Crippen molar-refractivity contribution in [3.63, 3.8) is 0 Å². The van der Waals surface area contributed by atoms with Crippen LogP contribution in [0.5, 0.6) is 5.75 Å². The molecule has 31 heavy (non-hydrogen) atoms. The molecule has 5 heteroatoms. The monoisotopic (exact) mass is 420 g/mol. The molecule has 0 aromatic heterocycles. The fourth-order valence-corrected chi connectivity index (χ4v) is 3.22. The number of benzene rings is 2. The molecule has 0 amide bonds. The van der Waals surface area contributed by atoms with Crippen molar-refractivity contribution < 1.29 is 23.8 Å². The molecule has 0 bridgehead atoms. The van der Waals surface area contributed by atoms with E-state index >= 15 is 0 Å². The molecule has 0 spiro atoms. The lowest BCUT2D eigenvalue weighted by Gasteiger charge is -2.41. The van der Waals surface area contributed by atoms with E-state index in [2.05, 4.69) is 37.4 Å². The lowest BCUT2D eigenvalue weighted by atomic mass is 9.81. The summed E-state index contributed by atoms with van der Waals surface area (Å²) in [6.45, 7) is 12.0. The third kappa shape index (κ3) is 5.92. The van der Waals surface area contributed by atoms with Crippen LogP contribution in [0.25, 0.3) is 11.1 Å². The van der Waals surface area contributed by atoms with Gasteiger partial charge in [0.2, 0.25) is 0 Å². The number of rotatable bonds is 9. The zero-order valence-corrected chi connectivity index (χ0v) is 18.1. The Morgan fingerprint density at radius 1 is 0.903 bits per heavy atom. The first kappa shape index (κ1) is 22.5. The maximum absolute atomic E-state index is 11.7. The van der Waals surface area contributed by atoms with Crippen molar-refractivity contribution in [2.24, 2.45) is 5.41 Å². The van der Waals surface area contributed by atoms with Crippen LogP contribution in [-0.2, 0) is 25.5 Å². The SMILES string of the molecule is C=C(C)C(=O)OCC1(CCc2ccc(-c3ccc(OC(=O)C(=C)C)cc3)cc2)COC1. The summed E-state index contributed by atoms with van der Waals surface area (Å²) >= 11 is 0. The van der Waals surface area contributed by atoms with E-state index in [-0.39, 0.29) is 11.4 Å². The average Bonchev–Trinajstić information content (AvgIpc) is 2.73. The van der Waals surface area contributed by atoms with Crippen molar-refractivity contribution in [1.82, 2.24) is 0 Å². The first-order valence-corrected chi connectivity index (χ1v) is 10.3. The lowest BCUT2D eigenvalue weighted by Crippen LogP contribution is -2.47. The molecule has 0 N–H and O–H groups in total. The largest absolute Gasteiger partial charge is 0.462 e. The molecule has 1 fully saturated rings. The van der Waals surface area contributed by atoms with E-state index in [0.717, 1.165) is 24.0 Å². The Hall–Kier alpha value is -3.18. The molecule has 0 atom stereocenters. The summed E-state index contributed by atoms with van der Waals surface area (Å²) in [6, 6.07) is 15.8. The maximum Gasteiger partial charge on any atom is 0.338 e. The highest BCUT2D eigenvalue weighted by Gasteiger charge is 2.39. The van der Waals surface area contributed by atoms with Gasteiger partial charge in [-0.05, 0) is 55.5 Å². The summed E-state index contributed by atoms with van der Waals surface area (Å²) in [7, 11) is 0. The topological polar surface area (TPSA) is 61.8 Å². The summed E-state index contributed by atoms with van der Waals surface area (Å²) < 4.78 is 16.0. The van der Waals surface area contributed by atoms with Gasteiger partial charge in [-0.25, -0.2) is 9.59 Å². The van der Waals surface area contributed by atoms with Crippen LogP contribution in [-0.4, -0.2) is 31.8 Å². The van der Waals surface area contributed by atoms with Crippen LogP contribution >= 0.6 is 0 Å². The summed E-state index contributed by atoms with van der Waals surface area (Å²) in [5.41, 5.74) is 4.00. The minimum Gasteiger partial charge on any atom is -0.462 e. The predicted molar refractivity (Wildman–Crippen MR) is 120 cm³/mol. The number of esters is 2. The molecular weight excluding hydrogens is 392 g/mol. The molecule has 0 aliphatic carbocycles. The summed E-state index contributed by atoms with van der Waals surface area (Å²) in [5.74, 6) is -0.286. The van der Waals surface area contributed by atoms with Crippen molar-refractivity contribution in [2.45, 2.75) is 26.7 Å². The molecule has 5 nitrogen and oxygen atoms in total. The van der Waals surface area contributed by atoms with Gasteiger partial charge in [0.05, 0.1) is 18.6 Å². The minimum atomic E-state index is -0.430. The predicted octanol–water partition coefficient (Wildman–Crippen LogP) is 4.90. The van der Waals surface area contributed by atoms with Gasteiger partial charge in [0.25, 0.3) is 0 Å². The molecule has 1 aliphatic heterocycles. The van der Waals surface area contributed by atoms with Crippen LogP contribution in [0, 0.1) is 5.41 Å². The highest BCUT2D eigenvalue weighted by molar-refractivity contribution is 5.88. The third-order valence-electron chi connectivity index (χ3n) is 5.32. The summed E-state index contributed by atoms with van der Waals surface area (Å²) in [4.78, 5) is 23.3. The van der Waals surface area contributed by atoms with Gasteiger partial charge in [-0.2, -0.15) is 0 Å². The van der Waals surface area contributed by atoms with Crippen molar-refractivity contribution in [1.29, 1.82) is 0 Å². The molecular formula is C26H28O5. The molecule has 0 radical (unpaired) electrons. The molecule has 2 aromatic rings. The van der Waals surface area contributed by atoms with E-state index in [1.807, 2.05) is 12.1 Å². The second-order valence-corrected chi connectivity index (χ2v) is 8.24. The smallest absolute Gasteiger partial charge is 0.338 e. The highest BCUT2D eigenvalue weighted by atomic mass is 16.5. The van der Waals surface area contributed by atoms with Crippen LogP contribution < -0.4 is 4.74 Å². The van der Waals surface area contributed by atoms with Crippen LogP contribution in [0.4, 0.5) is 0 Å². The van der Waals surface area contributed by atoms with Crippen molar-refractivity contribution in [2.75, 3.05) is 19.8 Å². The number of hydrogen-bond acceptors (Lipinski definition) is 5. The van der Waals surface area contributed by atoms with Gasteiger partial charge in [-0.3, -0.25) is 0 Å². The molecule has 1 heterocycles. The number of hydrogen-bond donors (Lipinski definition) is 0. The second kappa shape index (κ2) is 9.75. The highest BCUT2D eigenvalue weighted by Crippen LogP contribution is 2.34. The van der Waals surface area contributed by atoms with Crippen molar-refractivity contribution in [3.05, 3.63) is 78.4 Å². The Morgan fingerprint density at radius 2 is 1.45 bits per heavy atom. The van der Waals surface area contributed by atoms with Crippen LogP contribution in [0.2, 0.25) is 0 Å². The van der Waals surface area contributed by atoms with Gasteiger partial charge >= 0.3 is 11.9 Å². The van der Waals surface area contributed by atoms with Crippen LogP contribution in [0.15, 0.2) is 72.8 Å². The van der Waals surface area contributed by atoms with Gasteiger partial charge < -0.3 is 14.2 Å². The first-order valence-electron chi connectivity index (χ1n) is 10.3. The lowest BCUT2D eigenvalue weighted by molar-refractivity contribution is -0.168. The van der Waals surface area contributed by atoms with E-state index in [9.17, 15) is 9.59 Å². The fraction of sp³-hybridized carbons (Fsp3) is 0.308. The Bertz CT molecular complexity index is 966. The maximum atomic E-state index is 11.7. The Balaban J connectivity index is 1.56.